The number of nitrogens with zero attached hydrogens (tertiary/aromatic N) is 3. The number of rotatable bonds is 12. The summed E-state index contributed by atoms with van der Waals surface area (Å²) in [6, 6.07) is 23.7. The Morgan fingerprint density at radius 2 is 1.70 bits per heavy atom. The summed E-state index contributed by atoms with van der Waals surface area (Å²) in [5.41, 5.74) is 3.81. The molecule has 0 spiro atoms. The topological polar surface area (TPSA) is 102 Å². The number of ether oxygens (including phenoxy) is 2. The minimum atomic E-state index is -4.06. The largest absolute Gasteiger partial charge is 0.487 e. The molecule has 40 heavy (non-hydrogen) atoms. The van der Waals surface area contributed by atoms with Crippen LogP contribution in [0.3, 0.4) is 0 Å². The lowest BCUT2D eigenvalue weighted by Gasteiger charge is -2.28. The average molecular weight is 564 g/mol. The maximum atomic E-state index is 13.5. The molecule has 4 rings (SSSR count). The molecule has 0 bridgehead atoms. The van der Waals surface area contributed by atoms with E-state index in [-0.39, 0.29) is 19.8 Å². The molecule has 0 N–H and O–H groups in total. The molecule has 0 aliphatic rings. The van der Waals surface area contributed by atoms with Crippen molar-refractivity contribution < 1.29 is 27.1 Å². The van der Waals surface area contributed by atoms with Gasteiger partial charge in [-0.2, -0.15) is 12.7 Å². The van der Waals surface area contributed by atoms with Gasteiger partial charge in [-0.3, -0.25) is 9.10 Å². The number of aryl methyl sites for hydroxylation is 2. The van der Waals surface area contributed by atoms with Crippen molar-refractivity contribution in [2.24, 2.45) is 0 Å². The van der Waals surface area contributed by atoms with Crippen LogP contribution in [0.2, 0.25) is 0 Å². The summed E-state index contributed by atoms with van der Waals surface area (Å²) in [5, 5.41) is 0. The molecule has 0 saturated heterocycles. The monoisotopic (exact) mass is 563 g/mol. The summed E-state index contributed by atoms with van der Waals surface area (Å²) in [7, 11) is -2.61. The Morgan fingerprint density at radius 3 is 2.40 bits per heavy atom. The van der Waals surface area contributed by atoms with E-state index in [0.29, 0.717) is 34.3 Å². The molecule has 0 atom stereocenters. The lowest BCUT2D eigenvalue weighted by Crippen LogP contribution is -2.44. The van der Waals surface area contributed by atoms with Crippen molar-refractivity contribution in [3.05, 3.63) is 101 Å². The lowest BCUT2D eigenvalue weighted by molar-refractivity contribution is -0.143. The quantitative estimate of drug-likeness (QED) is 0.216. The van der Waals surface area contributed by atoms with E-state index in [1.807, 2.05) is 38.1 Å². The van der Waals surface area contributed by atoms with Crippen LogP contribution in [0.5, 0.6) is 5.75 Å². The van der Waals surface area contributed by atoms with Crippen LogP contribution in [0, 0.1) is 13.8 Å². The molecule has 0 aliphatic heterocycles. The third kappa shape index (κ3) is 7.08. The second kappa shape index (κ2) is 12.8. The minimum Gasteiger partial charge on any atom is -0.487 e. The first kappa shape index (κ1) is 28.8. The van der Waals surface area contributed by atoms with Gasteiger partial charge in [0.1, 0.15) is 30.4 Å². The zero-order valence-electron chi connectivity index (χ0n) is 23.0. The number of esters is 1. The first-order chi connectivity index (χ1) is 19.2. The van der Waals surface area contributed by atoms with Gasteiger partial charge in [-0.25, -0.2) is 4.98 Å². The van der Waals surface area contributed by atoms with Gasteiger partial charge >= 0.3 is 16.2 Å². The molecule has 9 nitrogen and oxygen atoms in total. The van der Waals surface area contributed by atoms with Gasteiger partial charge in [-0.15, -0.1) is 0 Å². The summed E-state index contributed by atoms with van der Waals surface area (Å²) < 4.78 is 46.2. The molecular weight excluding hydrogens is 530 g/mol. The number of para-hydroxylation sites is 1. The van der Waals surface area contributed by atoms with Crippen molar-refractivity contribution in [1.29, 1.82) is 0 Å². The maximum absolute atomic E-state index is 13.5. The summed E-state index contributed by atoms with van der Waals surface area (Å²) in [6.45, 7) is 5.36. The van der Waals surface area contributed by atoms with Crippen molar-refractivity contribution in [2.75, 3.05) is 24.5 Å². The van der Waals surface area contributed by atoms with E-state index in [4.69, 9.17) is 13.9 Å². The van der Waals surface area contributed by atoms with Gasteiger partial charge in [-0.1, -0.05) is 48.0 Å². The van der Waals surface area contributed by atoms with E-state index in [1.165, 1.54) is 7.05 Å². The van der Waals surface area contributed by atoms with Gasteiger partial charge in [0.2, 0.25) is 5.89 Å². The number of anilines is 1. The molecule has 4 aromatic rings. The number of benzene rings is 3. The number of oxazole rings is 1. The molecule has 0 amide bonds. The van der Waals surface area contributed by atoms with Crippen molar-refractivity contribution in [3.8, 4) is 17.2 Å². The van der Waals surface area contributed by atoms with Gasteiger partial charge < -0.3 is 13.9 Å². The van der Waals surface area contributed by atoms with E-state index in [2.05, 4.69) is 4.98 Å². The molecule has 0 aliphatic carbocycles. The minimum absolute atomic E-state index is 0.0594. The number of carbonyl (C=O) groups excluding carboxylic acids is 1. The highest BCUT2D eigenvalue weighted by Gasteiger charge is 2.30. The Bertz CT molecular complexity index is 1540. The molecule has 0 radical (unpaired) electrons. The van der Waals surface area contributed by atoms with Crippen LogP contribution >= 0.6 is 0 Å². The van der Waals surface area contributed by atoms with E-state index in [0.717, 1.165) is 19.7 Å². The first-order valence-corrected chi connectivity index (χ1v) is 14.3. The Labute approximate surface area is 235 Å². The van der Waals surface area contributed by atoms with Crippen LogP contribution in [0.15, 0.2) is 83.3 Å². The fourth-order valence-electron chi connectivity index (χ4n) is 3.98. The van der Waals surface area contributed by atoms with Crippen LogP contribution in [-0.4, -0.2) is 43.9 Å². The predicted molar refractivity (Wildman–Crippen MR) is 153 cm³/mol. The van der Waals surface area contributed by atoms with Crippen LogP contribution in [0.1, 0.15) is 29.5 Å². The standard InChI is InChI=1S/C30H33N3O6S/c1-5-37-29(34)20-33(40(35,36)32(4)26-11-7-6-8-12-26)19-24-10-9-13-27(18-24)38-21-28-23(3)39-30(31-28)25-16-14-22(2)15-17-25/h6-18H,5,19-21H2,1-4H3. The third-order valence-electron chi connectivity index (χ3n) is 6.23. The maximum Gasteiger partial charge on any atom is 0.321 e. The smallest absolute Gasteiger partial charge is 0.321 e. The van der Waals surface area contributed by atoms with Crippen molar-refractivity contribution >= 4 is 21.9 Å². The molecule has 3 aromatic carbocycles. The zero-order chi connectivity index (χ0) is 28.7. The Morgan fingerprint density at radius 1 is 0.975 bits per heavy atom. The summed E-state index contributed by atoms with van der Waals surface area (Å²) >= 11 is 0. The number of hydrogen-bond acceptors (Lipinski definition) is 7. The fraction of sp³-hybridized carbons (Fsp3) is 0.267. The third-order valence-corrected chi connectivity index (χ3v) is 8.04. The second-order valence-electron chi connectivity index (χ2n) is 9.21. The van der Waals surface area contributed by atoms with Gasteiger partial charge in [0, 0.05) is 19.2 Å². The number of aromatic nitrogens is 1. The van der Waals surface area contributed by atoms with Crippen LogP contribution in [0.25, 0.3) is 11.5 Å². The van der Waals surface area contributed by atoms with Gasteiger partial charge in [0.25, 0.3) is 0 Å². The molecule has 210 valence electrons. The Kier molecular flexibility index (Phi) is 9.23. The van der Waals surface area contributed by atoms with E-state index < -0.39 is 22.7 Å². The molecule has 0 unspecified atom stereocenters. The van der Waals surface area contributed by atoms with Gasteiger partial charge in [0.05, 0.1) is 12.3 Å². The first-order valence-electron chi connectivity index (χ1n) is 12.9. The zero-order valence-corrected chi connectivity index (χ0v) is 23.8. The summed E-state index contributed by atoms with van der Waals surface area (Å²) in [4.78, 5) is 16.9. The van der Waals surface area contributed by atoms with Crippen LogP contribution in [0.4, 0.5) is 5.69 Å². The van der Waals surface area contributed by atoms with Gasteiger partial charge in [-0.05, 0) is 62.7 Å². The van der Waals surface area contributed by atoms with Crippen molar-refractivity contribution in [1.82, 2.24) is 9.29 Å². The summed E-state index contributed by atoms with van der Waals surface area (Å²) in [6.07, 6.45) is 0. The second-order valence-corrected chi connectivity index (χ2v) is 11.2. The highest BCUT2D eigenvalue weighted by Crippen LogP contribution is 2.25. The van der Waals surface area contributed by atoms with E-state index in [9.17, 15) is 13.2 Å². The SMILES string of the molecule is CCOC(=O)CN(Cc1cccc(OCc2nc(-c3ccc(C)cc3)oc2C)c1)S(=O)(=O)N(C)c1ccccc1. The normalized spacial score (nSPS) is 11.4. The molecular formula is C30H33N3O6S. The number of hydrogen-bond donors (Lipinski definition) is 0. The van der Waals surface area contributed by atoms with E-state index >= 15 is 0 Å². The highest BCUT2D eigenvalue weighted by molar-refractivity contribution is 7.90. The molecule has 0 saturated carbocycles. The Balaban J connectivity index is 1.50. The van der Waals surface area contributed by atoms with Crippen LogP contribution < -0.4 is 9.04 Å². The highest BCUT2D eigenvalue weighted by atomic mass is 32.2. The van der Waals surface area contributed by atoms with E-state index in [1.54, 1.807) is 61.5 Å². The molecule has 10 heteroatoms. The fourth-order valence-corrected chi connectivity index (χ4v) is 5.30. The van der Waals surface area contributed by atoms with Crippen molar-refractivity contribution in [2.45, 2.75) is 33.9 Å². The summed E-state index contributed by atoms with van der Waals surface area (Å²) in [5.74, 6) is 1.07. The predicted octanol–water partition coefficient (Wildman–Crippen LogP) is 5.28. The number of carbonyl (C=O) groups is 1. The average Bonchev–Trinajstić information content (AvgIpc) is 3.32. The van der Waals surface area contributed by atoms with Gasteiger partial charge in [0.15, 0.2) is 0 Å². The molecule has 1 heterocycles. The van der Waals surface area contributed by atoms with Crippen LogP contribution in [-0.2, 0) is 32.9 Å². The lowest BCUT2D eigenvalue weighted by atomic mass is 10.1. The molecule has 1 aromatic heterocycles. The Hall–Kier alpha value is -4.15. The molecule has 0 fully saturated rings. The van der Waals surface area contributed by atoms with Crippen molar-refractivity contribution in [3.63, 3.8) is 0 Å².